The van der Waals surface area contributed by atoms with Crippen LogP contribution in [-0.2, 0) is 17.8 Å². The Bertz CT molecular complexity index is 376. The van der Waals surface area contributed by atoms with Crippen LogP contribution in [0.25, 0.3) is 0 Å². The van der Waals surface area contributed by atoms with E-state index in [1.54, 1.807) is 7.11 Å². The molecule has 0 saturated carbocycles. The van der Waals surface area contributed by atoms with Gasteiger partial charge in [0.2, 0.25) is 0 Å². The second-order valence-corrected chi connectivity index (χ2v) is 5.21. The van der Waals surface area contributed by atoms with Crippen molar-refractivity contribution in [3.8, 4) is 0 Å². The fourth-order valence-corrected chi connectivity index (χ4v) is 1.84. The average Bonchev–Trinajstić information content (AvgIpc) is 2.44. The summed E-state index contributed by atoms with van der Waals surface area (Å²) in [6, 6.07) is 4.73. The highest BCUT2D eigenvalue weighted by atomic mass is 16.5. The van der Waals surface area contributed by atoms with E-state index < -0.39 is 0 Å². The molecule has 0 atom stereocenters. The average molecular weight is 277 g/mol. The van der Waals surface area contributed by atoms with Crippen LogP contribution in [0, 0.1) is 0 Å². The van der Waals surface area contributed by atoms with Gasteiger partial charge >= 0.3 is 0 Å². The Morgan fingerprint density at radius 3 is 2.80 bits per heavy atom. The van der Waals surface area contributed by atoms with E-state index in [1.807, 2.05) is 12.3 Å². The lowest BCUT2D eigenvalue weighted by Crippen LogP contribution is -2.27. The van der Waals surface area contributed by atoms with Gasteiger partial charge in [0.1, 0.15) is 0 Å². The lowest BCUT2D eigenvalue weighted by molar-refractivity contribution is 0.150. The van der Waals surface area contributed by atoms with Gasteiger partial charge in [0, 0.05) is 45.5 Å². The number of rotatable bonds is 10. The molecule has 112 valence electrons. The molecule has 1 rings (SSSR count). The molecule has 1 aromatic heterocycles. The first-order chi connectivity index (χ1) is 9.65. The van der Waals surface area contributed by atoms with E-state index in [1.165, 1.54) is 5.56 Å². The Balaban J connectivity index is 2.51. The van der Waals surface area contributed by atoms with E-state index in [2.05, 4.69) is 47.8 Å². The lowest BCUT2D eigenvalue weighted by atomic mass is 10.2. The molecule has 1 aromatic rings. The molecule has 0 bridgehead atoms. The Kier molecular flexibility index (Phi) is 8.11. The first-order valence-electron chi connectivity index (χ1n) is 7.15. The SMILES string of the molecule is C=CCN(CCOC)Cc1ccc(CNC(C)C)cn1. The van der Waals surface area contributed by atoms with Crippen molar-refractivity contribution in [2.45, 2.75) is 33.0 Å². The van der Waals surface area contributed by atoms with Crippen molar-refractivity contribution < 1.29 is 4.74 Å². The third kappa shape index (κ3) is 6.80. The molecule has 0 spiro atoms. The van der Waals surface area contributed by atoms with Crippen LogP contribution in [0.5, 0.6) is 0 Å². The largest absolute Gasteiger partial charge is 0.383 e. The summed E-state index contributed by atoms with van der Waals surface area (Å²) in [4.78, 5) is 6.80. The summed E-state index contributed by atoms with van der Waals surface area (Å²) in [6.07, 6.45) is 3.86. The number of methoxy groups -OCH3 is 1. The molecule has 0 aliphatic carbocycles. The summed E-state index contributed by atoms with van der Waals surface area (Å²) in [5, 5.41) is 3.39. The summed E-state index contributed by atoms with van der Waals surface area (Å²) >= 11 is 0. The van der Waals surface area contributed by atoms with Gasteiger partial charge < -0.3 is 10.1 Å². The molecular formula is C16H27N3O. The number of aromatic nitrogens is 1. The molecule has 0 radical (unpaired) electrons. The quantitative estimate of drug-likeness (QED) is 0.665. The minimum absolute atomic E-state index is 0.492. The number of nitrogens with one attached hydrogen (secondary N) is 1. The van der Waals surface area contributed by atoms with Crippen LogP contribution in [0.15, 0.2) is 31.0 Å². The van der Waals surface area contributed by atoms with E-state index >= 15 is 0 Å². The molecule has 20 heavy (non-hydrogen) atoms. The van der Waals surface area contributed by atoms with Crippen molar-refractivity contribution in [1.82, 2.24) is 15.2 Å². The number of hydrogen-bond acceptors (Lipinski definition) is 4. The summed E-state index contributed by atoms with van der Waals surface area (Å²) < 4.78 is 5.13. The molecule has 0 aromatic carbocycles. The van der Waals surface area contributed by atoms with Crippen LogP contribution >= 0.6 is 0 Å². The van der Waals surface area contributed by atoms with Crippen molar-refractivity contribution in [2.75, 3.05) is 26.8 Å². The van der Waals surface area contributed by atoms with E-state index in [0.717, 1.165) is 38.5 Å². The summed E-state index contributed by atoms with van der Waals surface area (Å²) in [5.41, 5.74) is 2.30. The molecule has 0 amide bonds. The zero-order chi connectivity index (χ0) is 14.8. The summed E-state index contributed by atoms with van der Waals surface area (Å²) in [7, 11) is 1.72. The monoisotopic (exact) mass is 277 g/mol. The highest BCUT2D eigenvalue weighted by Crippen LogP contribution is 2.04. The maximum absolute atomic E-state index is 5.13. The van der Waals surface area contributed by atoms with Crippen molar-refractivity contribution in [2.24, 2.45) is 0 Å². The Morgan fingerprint density at radius 2 is 2.25 bits per heavy atom. The Hall–Kier alpha value is -1.23. The van der Waals surface area contributed by atoms with Gasteiger partial charge in [0.15, 0.2) is 0 Å². The minimum atomic E-state index is 0.492. The van der Waals surface area contributed by atoms with Crippen LogP contribution in [0.2, 0.25) is 0 Å². The molecule has 1 N–H and O–H groups in total. The summed E-state index contributed by atoms with van der Waals surface area (Å²) in [5.74, 6) is 0. The third-order valence-corrected chi connectivity index (χ3v) is 2.98. The lowest BCUT2D eigenvalue weighted by Gasteiger charge is -2.19. The molecular weight excluding hydrogens is 250 g/mol. The van der Waals surface area contributed by atoms with E-state index in [9.17, 15) is 0 Å². The van der Waals surface area contributed by atoms with Gasteiger partial charge in [0.05, 0.1) is 12.3 Å². The van der Waals surface area contributed by atoms with Crippen molar-refractivity contribution in [3.05, 3.63) is 42.2 Å². The van der Waals surface area contributed by atoms with E-state index in [0.29, 0.717) is 6.04 Å². The molecule has 0 fully saturated rings. The zero-order valence-electron chi connectivity index (χ0n) is 12.9. The van der Waals surface area contributed by atoms with Crippen molar-refractivity contribution in [3.63, 3.8) is 0 Å². The number of nitrogens with zero attached hydrogens (tertiary/aromatic N) is 2. The van der Waals surface area contributed by atoms with Crippen molar-refractivity contribution in [1.29, 1.82) is 0 Å². The Labute approximate surface area is 122 Å². The Morgan fingerprint density at radius 1 is 1.45 bits per heavy atom. The smallest absolute Gasteiger partial charge is 0.0589 e. The topological polar surface area (TPSA) is 37.4 Å². The van der Waals surface area contributed by atoms with Crippen LogP contribution in [0.4, 0.5) is 0 Å². The third-order valence-electron chi connectivity index (χ3n) is 2.98. The highest BCUT2D eigenvalue weighted by Gasteiger charge is 2.05. The first-order valence-corrected chi connectivity index (χ1v) is 7.15. The van der Waals surface area contributed by atoms with E-state index in [-0.39, 0.29) is 0 Å². The van der Waals surface area contributed by atoms with Gasteiger partial charge in [-0.25, -0.2) is 0 Å². The van der Waals surface area contributed by atoms with Gasteiger partial charge in [-0.2, -0.15) is 0 Å². The number of pyridine rings is 1. The van der Waals surface area contributed by atoms with Crippen molar-refractivity contribution >= 4 is 0 Å². The van der Waals surface area contributed by atoms with Gasteiger partial charge in [-0.05, 0) is 11.6 Å². The maximum Gasteiger partial charge on any atom is 0.0589 e. The normalized spacial score (nSPS) is 11.2. The predicted molar refractivity (Wildman–Crippen MR) is 83.6 cm³/mol. The van der Waals surface area contributed by atoms with Gasteiger partial charge in [-0.3, -0.25) is 9.88 Å². The predicted octanol–water partition coefficient (Wildman–Crippen LogP) is 2.21. The first kappa shape index (κ1) is 16.8. The van der Waals surface area contributed by atoms with Gasteiger partial charge in [-0.1, -0.05) is 26.0 Å². The maximum atomic E-state index is 5.13. The standard InChI is InChI=1S/C16H27N3O/c1-5-8-19(9-10-20-4)13-16-7-6-15(12-18-16)11-17-14(2)3/h5-7,12,14,17H,1,8-11,13H2,2-4H3. The highest BCUT2D eigenvalue weighted by molar-refractivity contribution is 5.14. The molecule has 4 heteroatoms. The second kappa shape index (κ2) is 9.64. The zero-order valence-corrected chi connectivity index (χ0v) is 12.9. The van der Waals surface area contributed by atoms with Gasteiger partial charge in [-0.15, -0.1) is 6.58 Å². The van der Waals surface area contributed by atoms with Gasteiger partial charge in [0.25, 0.3) is 0 Å². The fraction of sp³-hybridized carbons (Fsp3) is 0.562. The number of ether oxygens (including phenoxy) is 1. The molecule has 0 aliphatic heterocycles. The fourth-order valence-electron chi connectivity index (χ4n) is 1.84. The number of hydrogen-bond donors (Lipinski definition) is 1. The molecule has 1 heterocycles. The van der Waals surface area contributed by atoms with Crippen LogP contribution < -0.4 is 5.32 Å². The van der Waals surface area contributed by atoms with Crippen LogP contribution in [0.3, 0.4) is 0 Å². The molecule has 0 unspecified atom stereocenters. The molecule has 4 nitrogen and oxygen atoms in total. The minimum Gasteiger partial charge on any atom is -0.383 e. The summed E-state index contributed by atoms with van der Waals surface area (Å²) in [6.45, 7) is 12.2. The second-order valence-electron chi connectivity index (χ2n) is 5.21. The van der Waals surface area contributed by atoms with E-state index in [4.69, 9.17) is 4.74 Å². The molecule has 0 aliphatic rings. The van der Waals surface area contributed by atoms with Crippen LogP contribution in [0.1, 0.15) is 25.1 Å². The molecule has 0 saturated heterocycles. The van der Waals surface area contributed by atoms with Crippen LogP contribution in [-0.4, -0.2) is 42.7 Å².